The minimum Gasteiger partial charge on any atom is -0.462 e. The molecule has 0 amide bonds. The number of unbranched alkanes of at least 4 members (excludes halogenated alkanes) is 17. The first-order valence-corrected chi connectivity index (χ1v) is 41.4. The normalized spacial score (nSPS) is 14.9. The number of aliphatic hydroxyl groups is 1. The Bertz CT molecular complexity index is 2600. The molecule has 0 saturated heterocycles. The SMILES string of the molecule is CC/C=C\C/C=C\C/C=C\C/C=C\C/C=C\CCCCCC(=O)OCC(COP(=O)(O)OCC(O)COP(=O)(O)OCC(COC(=O)C/C=C\C/C=C\C/C=C\C/C=C\C/C=C\CC)OC(=O)CCCCCCC/C=C\C/C=C\CCC)OC(=O)CCCCCCC/C=C\C/C=C\CCCCC. The third kappa shape index (κ3) is 72.8. The smallest absolute Gasteiger partial charge is 0.462 e. The number of hydrogen-bond donors (Lipinski definition) is 3. The molecule has 0 radical (unpaired) electrons. The highest BCUT2D eigenvalue weighted by Gasteiger charge is 2.30. The van der Waals surface area contributed by atoms with E-state index in [4.69, 9.17) is 37.0 Å². The average molecular weight is 1470 g/mol. The fourth-order valence-corrected chi connectivity index (χ4v) is 11.0. The van der Waals surface area contributed by atoms with Crippen molar-refractivity contribution in [1.82, 2.24) is 0 Å². The first-order valence-electron chi connectivity index (χ1n) is 38.4. The van der Waals surface area contributed by atoms with Gasteiger partial charge in [0.05, 0.1) is 32.8 Å². The van der Waals surface area contributed by atoms with E-state index in [2.05, 4.69) is 174 Å². The van der Waals surface area contributed by atoms with Crippen molar-refractivity contribution in [2.24, 2.45) is 0 Å². The molecule has 0 aromatic heterocycles. The molecule has 0 aliphatic carbocycles. The number of phosphoric acid groups is 2. The highest BCUT2D eigenvalue weighted by Crippen LogP contribution is 2.45. The molecule has 0 spiro atoms. The van der Waals surface area contributed by atoms with Gasteiger partial charge < -0.3 is 33.8 Å². The minimum atomic E-state index is -5.01. The van der Waals surface area contributed by atoms with E-state index in [0.717, 1.165) is 173 Å². The maximum absolute atomic E-state index is 13.1. The minimum absolute atomic E-state index is 0.0525. The molecular weight excluding hydrogens is 1330 g/mol. The van der Waals surface area contributed by atoms with E-state index in [9.17, 15) is 43.2 Å². The van der Waals surface area contributed by atoms with Crippen LogP contribution in [0.1, 0.15) is 272 Å². The Labute approximate surface area is 616 Å². The van der Waals surface area contributed by atoms with E-state index in [-0.39, 0.29) is 25.7 Å². The van der Waals surface area contributed by atoms with Gasteiger partial charge in [0, 0.05) is 19.3 Å². The summed E-state index contributed by atoms with van der Waals surface area (Å²) in [5.74, 6) is -2.41. The van der Waals surface area contributed by atoms with Crippen molar-refractivity contribution < 1.29 is 80.2 Å². The van der Waals surface area contributed by atoms with Crippen LogP contribution >= 0.6 is 15.6 Å². The summed E-state index contributed by atoms with van der Waals surface area (Å²) >= 11 is 0. The van der Waals surface area contributed by atoms with E-state index >= 15 is 0 Å². The molecule has 578 valence electrons. The van der Waals surface area contributed by atoms with Gasteiger partial charge in [-0.2, -0.15) is 0 Å². The third-order valence-electron chi connectivity index (χ3n) is 15.2. The van der Waals surface area contributed by atoms with Gasteiger partial charge in [-0.1, -0.05) is 262 Å². The number of rotatable bonds is 70. The average Bonchev–Trinajstić information content (AvgIpc) is 0.924. The van der Waals surface area contributed by atoms with Crippen LogP contribution in [0.25, 0.3) is 0 Å². The highest BCUT2D eigenvalue weighted by atomic mass is 31.2. The van der Waals surface area contributed by atoms with E-state index < -0.39 is 97.5 Å². The van der Waals surface area contributed by atoms with Crippen LogP contribution in [-0.4, -0.2) is 96.7 Å². The first kappa shape index (κ1) is 96.4. The molecule has 0 aliphatic rings. The van der Waals surface area contributed by atoms with Crippen molar-refractivity contribution in [2.75, 3.05) is 39.6 Å². The molecular formula is C83H134O17P2. The molecule has 3 N–H and O–H groups in total. The molecule has 17 nitrogen and oxygen atoms in total. The Hall–Kier alpha value is -5.58. The molecule has 0 fully saturated rings. The van der Waals surface area contributed by atoms with Crippen LogP contribution in [0.5, 0.6) is 0 Å². The summed E-state index contributed by atoms with van der Waals surface area (Å²) in [5, 5.41) is 10.6. The molecule has 0 aliphatic heterocycles. The van der Waals surface area contributed by atoms with E-state index in [1.807, 2.05) is 18.2 Å². The number of carbonyl (C=O) groups excluding carboxylic acids is 4. The Morgan fingerprint density at radius 1 is 0.294 bits per heavy atom. The number of ether oxygens (including phenoxy) is 4. The predicted octanol–water partition coefficient (Wildman–Crippen LogP) is 22.2. The van der Waals surface area contributed by atoms with Crippen molar-refractivity contribution in [2.45, 2.75) is 290 Å². The summed E-state index contributed by atoms with van der Waals surface area (Å²) in [6.45, 7) is 4.34. The number of allylic oxidation sites excluding steroid dienone is 27. The summed E-state index contributed by atoms with van der Waals surface area (Å²) in [7, 11) is -10.0. The fraction of sp³-hybridized carbons (Fsp3) is 0.614. The maximum atomic E-state index is 13.1. The summed E-state index contributed by atoms with van der Waals surface area (Å²) in [5.41, 5.74) is 0. The van der Waals surface area contributed by atoms with Crippen molar-refractivity contribution in [3.63, 3.8) is 0 Å². The molecule has 102 heavy (non-hydrogen) atoms. The van der Waals surface area contributed by atoms with Gasteiger partial charge in [0.2, 0.25) is 0 Å². The monoisotopic (exact) mass is 1460 g/mol. The largest absolute Gasteiger partial charge is 0.472 e. The number of phosphoric ester groups is 2. The zero-order chi connectivity index (χ0) is 74.6. The Morgan fingerprint density at radius 2 is 0.569 bits per heavy atom. The van der Waals surface area contributed by atoms with Crippen molar-refractivity contribution >= 4 is 39.5 Å². The van der Waals surface area contributed by atoms with Gasteiger partial charge in [-0.25, -0.2) is 9.13 Å². The quantitative estimate of drug-likeness (QED) is 0.0169. The summed E-state index contributed by atoms with van der Waals surface area (Å²) in [6.07, 6.45) is 86.6. The number of aliphatic hydroxyl groups excluding tert-OH is 1. The van der Waals surface area contributed by atoms with Crippen LogP contribution in [0.3, 0.4) is 0 Å². The fourth-order valence-electron chi connectivity index (χ4n) is 9.39. The second-order valence-corrected chi connectivity index (χ2v) is 27.7. The predicted molar refractivity (Wildman–Crippen MR) is 417 cm³/mol. The number of hydrogen-bond acceptors (Lipinski definition) is 15. The standard InChI is InChI=1S/C83H134O17P2/c1-5-9-13-17-21-25-29-33-36-37-38-39-42-45-48-52-56-60-64-68-81(86)94-74-79(100-83(88)70-66-62-58-54-50-46-41-35-31-27-23-19-15-11-7-3)76-98-102(91,92)96-72-77(84)71-95-101(89,90)97-75-78(99-82(87)69-65-61-57-53-49-43-32-28-24-20-16-12-8-4)73-93-80(85)67-63-59-55-51-47-44-40-34-30-26-22-18-14-10-6-2/h9-10,13-14,16,20-23,25-28,32-36,38-41,45,47-48,51,59,63,77-79,84H,5-8,11-12,15,17-19,24,29-31,37,42-44,46,49-50,52-58,60-62,64-76H2,1-4H3,(H,89,90)(H,91,92)/b13-9-,14-10-,20-16-,25-21-,26-22-,27-23-,32-28-,36-33-,39-38-,40-34-,41-35-,48-45-,51-47-,63-59-. The molecule has 5 unspecified atom stereocenters. The van der Waals surface area contributed by atoms with Crippen molar-refractivity contribution in [1.29, 1.82) is 0 Å². The van der Waals surface area contributed by atoms with Crippen LogP contribution in [0.2, 0.25) is 0 Å². The van der Waals surface area contributed by atoms with E-state index in [1.165, 1.54) is 19.3 Å². The topological polar surface area (TPSA) is 237 Å². The van der Waals surface area contributed by atoms with E-state index in [1.54, 1.807) is 6.08 Å². The van der Waals surface area contributed by atoms with Crippen molar-refractivity contribution in [3.05, 3.63) is 170 Å². The van der Waals surface area contributed by atoms with Gasteiger partial charge in [0.1, 0.15) is 19.3 Å². The van der Waals surface area contributed by atoms with Gasteiger partial charge in [-0.3, -0.25) is 37.3 Å². The molecule has 5 atom stereocenters. The summed E-state index contributed by atoms with van der Waals surface area (Å²) in [4.78, 5) is 72.8. The second kappa shape index (κ2) is 73.7. The Kier molecular flexibility index (Phi) is 69.7. The van der Waals surface area contributed by atoms with E-state index in [0.29, 0.717) is 25.7 Å². The summed E-state index contributed by atoms with van der Waals surface area (Å²) < 4.78 is 68.3. The lowest BCUT2D eigenvalue weighted by atomic mass is 10.1. The molecule has 0 bridgehead atoms. The lowest BCUT2D eigenvalue weighted by Crippen LogP contribution is -2.30. The van der Waals surface area contributed by atoms with Crippen LogP contribution in [-0.2, 0) is 65.4 Å². The van der Waals surface area contributed by atoms with Gasteiger partial charge >= 0.3 is 39.5 Å². The molecule has 0 heterocycles. The second-order valence-electron chi connectivity index (χ2n) is 24.8. The van der Waals surface area contributed by atoms with Gasteiger partial charge in [0.15, 0.2) is 12.2 Å². The van der Waals surface area contributed by atoms with Gasteiger partial charge in [-0.05, 0) is 154 Å². The highest BCUT2D eigenvalue weighted by molar-refractivity contribution is 7.47. The van der Waals surface area contributed by atoms with Crippen LogP contribution in [0, 0.1) is 0 Å². The zero-order valence-electron chi connectivity index (χ0n) is 63.0. The first-order chi connectivity index (χ1) is 49.7. The van der Waals surface area contributed by atoms with Crippen LogP contribution < -0.4 is 0 Å². The molecule has 0 aromatic rings. The lowest BCUT2D eigenvalue weighted by molar-refractivity contribution is -0.161. The molecule has 0 rings (SSSR count). The van der Waals surface area contributed by atoms with Gasteiger partial charge in [-0.15, -0.1) is 0 Å². The number of carbonyl (C=O) groups is 4. The van der Waals surface area contributed by atoms with Crippen LogP contribution in [0.15, 0.2) is 170 Å². The molecule has 0 aromatic carbocycles. The van der Waals surface area contributed by atoms with Crippen LogP contribution in [0.4, 0.5) is 0 Å². The van der Waals surface area contributed by atoms with Gasteiger partial charge in [0.25, 0.3) is 0 Å². The number of esters is 4. The maximum Gasteiger partial charge on any atom is 0.472 e. The van der Waals surface area contributed by atoms with Crippen molar-refractivity contribution in [3.8, 4) is 0 Å². The Morgan fingerprint density at radius 3 is 0.922 bits per heavy atom. The Balaban J connectivity index is 5.48. The molecule has 19 heteroatoms. The third-order valence-corrected chi connectivity index (χ3v) is 17.1. The zero-order valence-corrected chi connectivity index (χ0v) is 64.8. The lowest BCUT2D eigenvalue weighted by Gasteiger charge is -2.21. The molecule has 0 saturated carbocycles. The summed E-state index contributed by atoms with van der Waals surface area (Å²) in [6, 6.07) is 0.